The summed E-state index contributed by atoms with van der Waals surface area (Å²) in [6.07, 6.45) is -1.50. The number of hydrogen-bond donors (Lipinski definition) is 2. The third kappa shape index (κ3) is 6.55. The molecule has 11 heteroatoms. The van der Waals surface area contributed by atoms with Crippen LogP contribution in [0.15, 0.2) is 42.6 Å². The Bertz CT molecular complexity index is 1460. The van der Waals surface area contributed by atoms with E-state index in [0.717, 1.165) is 18.4 Å². The standard InChI is InChI=1S/C30H33F4N5O2/c1-17(2)14-39-16-24(27(37-39)30(32,33)34)22-11-19(15-38-8-9-41-29(38)35)12-23(13-22)28(40)36-26(20-4-5-20)21-6-7-25(31)18(3)10-21/h6-7,10-13,16-17,20,26,35H,4-5,8-9,14-15H2,1-3H3,(H,36,40). The summed E-state index contributed by atoms with van der Waals surface area (Å²) in [5.41, 5.74) is 1.09. The number of aromatic nitrogens is 2. The molecule has 218 valence electrons. The van der Waals surface area contributed by atoms with Crippen molar-refractivity contribution in [3.8, 4) is 11.1 Å². The highest BCUT2D eigenvalue weighted by Crippen LogP contribution is 2.42. The molecule has 2 fully saturated rings. The Morgan fingerprint density at radius 1 is 1.20 bits per heavy atom. The Morgan fingerprint density at radius 3 is 2.56 bits per heavy atom. The highest BCUT2D eigenvalue weighted by Gasteiger charge is 2.38. The molecule has 1 aromatic heterocycles. The quantitative estimate of drug-likeness (QED) is 0.295. The fourth-order valence-corrected chi connectivity index (χ4v) is 5.18. The summed E-state index contributed by atoms with van der Waals surface area (Å²) < 4.78 is 62.8. The molecule has 1 saturated heterocycles. The molecule has 7 nitrogen and oxygen atoms in total. The Balaban J connectivity index is 1.54. The van der Waals surface area contributed by atoms with Gasteiger partial charge in [0.05, 0.1) is 12.6 Å². The van der Waals surface area contributed by atoms with Crippen molar-refractivity contribution in [2.24, 2.45) is 11.8 Å². The number of halogens is 4. The van der Waals surface area contributed by atoms with E-state index in [1.165, 1.54) is 23.0 Å². The van der Waals surface area contributed by atoms with E-state index in [1.807, 2.05) is 13.8 Å². The van der Waals surface area contributed by atoms with Crippen LogP contribution in [0.1, 0.15) is 65.5 Å². The van der Waals surface area contributed by atoms with Crippen LogP contribution >= 0.6 is 0 Å². The predicted octanol–water partition coefficient (Wildman–Crippen LogP) is 6.32. The minimum atomic E-state index is -4.70. The number of amides is 1. The van der Waals surface area contributed by atoms with Gasteiger partial charge in [0.15, 0.2) is 5.69 Å². The fourth-order valence-electron chi connectivity index (χ4n) is 5.18. The summed E-state index contributed by atoms with van der Waals surface area (Å²) >= 11 is 0. The molecule has 1 unspecified atom stereocenters. The molecule has 0 bridgehead atoms. The molecule has 2 aromatic carbocycles. The Hall–Kier alpha value is -3.89. The second kappa shape index (κ2) is 11.2. The number of benzene rings is 2. The normalized spacial score (nSPS) is 16.3. The maximum atomic E-state index is 14.1. The van der Waals surface area contributed by atoms with Crippen molar-refractivity contribution in [2.75, 3.05) is 13.2 Å². The Labute approximate surface area is 236 Å². The summed E-state index contributed by atoms with van der Waals surface area (Å²) in [6, 6.07) is 9.08. The van der Waals surface area contributed by atoms with Crippen LogP contribution in [0, 0.1) is 30.0 Å². The number of carbonyl (C=O) groups excluding carboxylic acids is 1. The molecule has 0 radical (unpaired) electrons. The molecular formula is C30H33F4N5O2. The average molecular weight is 572 g/mol. The van der Waals surface area contributed by atoms with Crippen LogP contribution in [0.5, 0.6) is 0 Å². The van der Waals surface area contributed by atoms with Crippen molar-refractivity contribution >= 4 is 11.9 Å². The van der Waals surface area contributed by atoms with Gasteiger partial charge in [0, 0.05) is 30.4 Å². The first kappa shape index (κ1) is 28.6. The van der Waals surface area contributed by atoms with Crippen molar-refractivity contribution in [1.82, 2.24) is 20.0 Å². The van der Waals surface area contributed by atoms with Gasteiger partial charge >= 0.3 is 6.18 Å². The molecule has 1 aliphatic carbocycles. The van der Waals surface area contributed by atoms with Crippen LogP contribution in [0.3, 0.4) is 0 Å². The topological polar surface area (TPSA) is 83.2 Å². The van der Waals surface area contributed by atoms with E-state index >= 15 is 0 Å². The number of rotatable bonds is 9. The highest BCUT2D eigenvalue weighted by atomic mass is 19.4. The lowest BCUT2D eigenvalue weighted by atomic mass is 9.97. The molecule has 2 aliphatic rings. The predicted molar refractivity (Wildman–Crippen MR) is 146 cm³/mol. The molecule has 1 aliphatic heterocycles. The summed E-state index contributed by atoms with van der Waals surface area (Å²) in [5, 5.41) is 14.9. The number of carbonyl (C=O) groups is 1. The van der Waals surface area contributed by atoms with E-state index in [2.05, 4.69) is 10.4 Å². The number of nitrogens with zero attached hydrogens (tertiary/aromatic N) is 3. The molecule has 2 N–H and O–H groups in total. The van der Waals surface area contributed by atoms with Gasteiger partial charge in [-0.15, -0.1) is 0 Å². The van der Waals surface area contributed by atoms with Gasteiger partial charge in [-0.2, -0.15) is 18.3 Å². The van der Waals surface area contributed by atoms with Crippen molar-refractivity contribution in [2.45, 2.75) is 58.9 Å². The second-order valence-electron chi connectivity index (χ2n) is 11.3. The van der Waals surface area contributed by atoms with Crippen LogP contribution in [-0.2, 0) is 24.0 Å². The number of alkyl halides is 3. The van der Waals surface area contributed by atoms with Crippen molar-refractivity contribution in [1.29, 1.82) is 5.41 Å². The average Bonchev–Trinajstić information content (AvgIpc) is 3.53. The van der Waals surface area contributed by atoms with Gasteiger partial charge < -0.3 is 15.0 Å². The zero-order chi connectivity index (χ0) is 29.5. The van der Waals surface area contributed by atoms with Gasteiger partial charge in [-0.25, -0.2) is 4.39 Å². The van der Waals surface area contributed by atoms with E-state index < -0.39 is 17.8 Å². The largest absolute Gasteiger partial charge is 0.463 e. The smallest absolute Gasteiger partial charge is 0.435 e. The number of ether oxygens (including phenoxy) is 1. The highest BCUT2D eigenvalue weighted by molar-refractivity contribution is 5.96. The van der Waals surface area contributed by atoms with Crippen LogP contribution < -0.4 is 5.32 Å². The minimum absolute atomic E-state index is 0.0254. The number of nitrogens with one attached hydrogen (secondary N) is 2. The van der Waals surface area contributed by atoms with E-state index in [0.29, 0.717) is 30.8 Å². The van der Waals surface area contributed by atoms with Crippen LogP contribution in [0.2, 0.25) is 0 Å². The summed E-state index contributed by atoms with van der Waals surface area (Å²) in [4.78, 5) is 15.3. The van der Waals surface area contributed by atoms with Gasteiger partial charge in [-0.3, -0.25) is 14.9 Å². The van der Waals surface area contributed by atoms with Crippen LogP contribution in [0.4, 0.5) is 17.6 Å². The van der Waals surface area contributed by atoms with E-state index in [1.54, 1.807) is 36.1 Å². The number of amidine groups is 1. The number of hydrogen-bond acceptors (Lipinski definition) is 4. The van der Waals surface area contributed by atoms with Gasteiger partial charge in [0.2, 0.25) is 0 Å². The van der Waals surface area contributed by atoms with Crippen LogP contribution in [-0.4, -0.2) is 39.8 Å². The molecule has 1 amide bonds. The first-order chi connectivity index (χ1) is 19.4. The van der Waals surface area contributed by atoms with E-state index in [9.17, 15) is 22.4 Å². The molecule has 0 spiro atoms. The fraction of sp³-hybridized carbons (Fsp3) is 0.433. The third-order valence-electron chi connectivity index (χ3n) is 7.33. The van der Waals surface area contributed by atoms with Gasteiger partial charge in [-0.1, -0.05) is 26.0 Å². The van der Waals surface area contributed by atoms with E-state index in [4.69, 9.17) is 10.1 Å². The lowest BCUT2D eigenvalue weighted by molar-refractivity contribution is -0.141. The summed E-state index contributed by atoms with van der Waals surface area (Å²) in [6.45, 7) is 6.74. The maximum Gasteiger partial charge on any atom is 0.435 e. The first-order valence-electron chi connectivity index (χ1n) is 13.7. The third-order valence-corrected chi connectivity index (χ3v) is 7.33. The molecule has 5 rings (SSSR count). The molecule has 41 heavy (non-hydrogen) atoms. The monoisotopic (exact) mass is 571 g/mol. The van der Waals surface area contributed by atoms with Gasteiger partial charge in [-0.05, 0) is 78.1 Å². The zero-order valence-electron chi connectivity index (χ0n) is 23.2. The summed E-state index contributed by atoms with van der Waals surface area (Å²) in [7, 11) is 0. The molecule has 3 aromatic rings. The van der Waals surface area contributed by atoms with Crippen molar-refractivity contribution in [3.05, 3.63) is 76.4 Å². The lowest BCUT2D eigenvalue weighted by Gasteiger charge is -2.21. The van der Waals surface area contributed by atoms with Gasteiger partial charge in [0.25, 0.3) is 11.9 Å². The zero-order valence-corrected chi connectivity index (χ0v) is 23.2. The molecule has 1 saturated carbocycles. The van der Waals surface area contributed by atoms with Gasteiger partial charge in [0.1, 0.15) is 12.4 Å². The minimum Gasteiger partial charge on any atom is -0.463 e. The molecule has 1 atom stereocenters. The van der Waals surface area contributed by atoms with E-state index in [-0.39, 0.29) is 53.0 Å². The number of aryl methyl sites for hydroxylation is 1. The maximum absolute atomic E-state index is 14.1. The first-order valence-corrected chi connectivity index (χ1v) is 13.7. The Kier molecular flexibility index (Phi) is 7.80. The van der Waals surface area contributed by atoms with Crippen molar-refractivity contribution < 1.29 is 27.1 Å². The molecule has 2 heterocycles. The SMILES string of the molecule is Cc1cc(C(NC(=O)c2cc(CN3CCOC3=N)cc(-c3cn(CC(C)C)nc3C(F)(F)F)c2)C2CC2)ccc1F. The lowest BCUT2D eigenvalue weighted by Crippen LogP contribution is -2.30. The Morgan fingerprint density at radius 2 is 1.95 bits per heavy atom. The van der Waals surface area contributed by atoms with Crippen LogP contribution in [0.25, 0.3) is 11.1 Å². The second-order valence-corrected chi connectivity index (χ2v) is 11.3. The molecular weight excluding hydrogens is 538 g/mol. The van der Waals surface area contributed by atoms with Crippen molar-refractivity contribution in [3.63, 3.8) is 0 Å². The summed E-state index contributed by atoms with van der Waals surface area (Å²) in [5.74, 6) is -0.503.